The Morgan fingerprint density at radius 2 is 0.569 bits per heavy atom. The van der Waals surface area contributed by atoms with E-state index in [1.165, 1.54) is 89.9 Å². The first-order valence-electron chi connectivity index (χ1n) is 29.2. The van der Waals surface area contributed by atoms with Gasteiger partial charge in [0.15, 0.2) is 6.10 Å². The Morgan fingerprint density at radius 3 is 0.903 bits per heavy atom. The third kappa shape index (κ3) is 56.5. The van der Waals surface area contributed by atoms with Gasteiger partial charge in [-0.2, -0.15) is 0 Å². The van der Waals surface area contributed by atoms with Crippen molar-refractivity contribution < 1.29 is 28.6 Å². The summed E-state index contributed by atoms with van der Waals surface area (Å²) in [4.78, 5) is 37.7. The van der Waals surface area contributed by atoms with Crippen molar-refractivity contribution in [1.82, 2.24) is 0 Å². The van der Waals surface area contributed by atoms with E-state index in [4.69, 9.17) is 14.2 Å². The number of allylic oxidation sites excluding steroid dienone is 22. The van der Waals surface area contributed by atoms with Crippen LogP contribution in [0.2, 0.25) is 0 Å². The Morgan fingerprint density at radius 1 is 0.292 bits per heavy atom. The normalized spacial score (nSPS) is 13.1. The molecule has 0 aliphatic heterocycles. The zero-order valence-corrected chi connectivity index (χ0v) is 46.4. The number of carbonyl (C=O) groups is 3. The first-order chi connectivity index (χ1) is 35.5. The fourth-order valence-corrected chi connectivity index (χ4v) is 7.61. The zero-order chi connectivity index (χ0) is 52.2. The van der Waals surface area contributed by atoms with Gasteiger partial charge in [0.1, 0.15) is 13.2 Å². The SMILES string of the molecule is CC/C=C\C/C=C\C/C=C\C/C=C\C/C=C\C/C=C\C/C=C\CCCCCCCCCCCCCCCC(=O)OCC(COC(=O)CCCCCCCC)OC(=O)CC/C=C\C/C=C\C/C=C\C/C=C\CC. The summed E-state index contributed by atoms with van der Waals surface area (Å²) >= 11 is 0. The Hall–Kier alpha value is -4.45. The molecule has 1 unspecified atom stereocenters. The predicted molar refractivity (Wildman–Crippen MR) is 311 cm³/mol. The minimum atomic E-state index is -0.814. The summed E-state index contributed by atoms with van der Waals surface area (Å²) in [5, 5.41) is 0. The molecule has 0 amide bonds. The fourth-order valence-electron chi connectivity index (χ4n) is 7.61. The summed E-state index contributed by atoms with van der Waals surface area (Å²) in [5.41, 5.74) is 0. The van der Waals surface area contributed by atoms with Gasteiger partial charge in [0.05, 0.1) is 0 Å². The van der Waals surface area contributed by atoms with Gasteiger partial charge in [0, 0.05) is 19.3 Å². The highest BCUT2D eigenvalue weighted by Gasteiger charge is 2.19. The number of carbonyl (C=O) groups excluding carboxylic acids is 3. The van der Waals surface area contributed by atoms with Crippen molar-refractivity contribution in [2.75, 3.05) is 13.2 Å². The van der Waals surface area contributed by atoms with Crippen molar-refractivity contribution in [1.29, 1.82) is 0 Å². The van der Waals surface area contributed by atoms with Crippen molar-refractivity contribution in [2.45, 2.75) is 252 Å². The smallest absolute Gasteiger partial charge is 0.306 e. The van der Waals surface area contributed by atoms with Crippen LogP contribution in [0, 0.1) is 0 Å². The maximum absolute atomic E-state index is 12.7. The van der Waals surface area contributed by atoms with Gasteiger partial charge >= 0.3 is 17.9 Å². The number of hydrogen-bond acceptors (Lipinski definition) is 6. The summed E-state index contributed by atoms with van der Waals surface area (Å²) in [7, 11) is 0. The molecule has 0 radical (unpaired) electrons. The van der Waals surface area contributed by atoms with Crippen LogP contribution in [-0.2, 0) is 28.6 Å². The Balaban J connectivity index is 4.05. The van der Waals surface area contributed by atoms with E-state index < -0.39 is 12.1 Å². The van der Waals surface area contributed by atoms with Crippen LogP contribution < -0.4 is 0 Å². The molecule has 0 heterocycles. The number of esters is 3. The van der Waals surface area contributed by atoms with Gasteiger partial charge in [-0.3, -0.25) is 14.4 Å². The first-order valence-corrected chi connectivity index (χ1v) is 29.2. The van der Waals surface area contributed by atoms with Crippen molar-refractivity contribution in [3.8, 4) is 0 Å². The Kier molecular flexibility index (Phi) is 55.5. The van der Waals surface area contributed by atoms with Crippen LogP contribution in [-0.4, -0.2) is 37.2 Å². The van der Waals surface area contributed by atoms with Crippen LogP contribution in [0.25, 0.3) is 0 Å². The summed E-state index contributed by atoms with van der Waals surface area (Å²) in [6, 6.07) is 0. The highest BCUT2D eigenvalue weighted by Crippen LogP contribution is 2.15. The summed E-state index contributed by atoms with van der Waals surface area (Å²) in [5.74, 6) is -1.01. The molecule has 0 aromatic heterocycles. The molecule has 0 bridgehead atoms. The first kappa shape index (κ1) is 67.5. The van der Waals surface area contributed by atoms with Gasteiger partial charge in [-0.15, -0.1) is 0 Å². The number of rotatable bonds is 51. The van der Waals surface area contributed by atoms with Gasteiger partial charge < -0.3 is 14.2 Å². The molecule has 0 aliphatic rings. The molecule has 0 saturated heterocycles. The number of unbranched alkanes of at least 4 members (excludes halogenated alkanes) is 18. The van der Waals surface area contributed by atoms with Crippen LogP contribution in [0.15, 0.2) is 134 Å². The van der Waals surface area contributed by atoms with Gasteiger partial charge in [0.2, 0.25) is 0 Å². The lowest BCUT2D eigenvalue weighted by Gasteiger charge is -2.18. The van der Waals surface area contributed by atoms with Crippen LogP contribution >= 0.6 is 0 Å². The summed E-state index contributed by atoms with van der Waals surface area (Å²) in [6.07, 6.45) is 83.7. The quantitative estimate of drug-likeness (QED) is 0.0261. The molecule has 0 saturated carbocycles. The largest absolute Gasteiger partial charge is 0.462 e. The van der Waals surface area contributed by atoms with Gasteiger partial charge in [-0.1, -0.05) is 257 Å². The lowest BCUT2D eigenvalue weighted by Crippen LogP contribution is -2.30. The summed E-state index contributed by atoms with van der Waals surface area (Å²) in [6.45, 7) is 6.27. The minimum Gasteiger partial charge on any atom is -0.462 e. The van der Waals surface area contributed by atoms with E-state index in [2.05, 4.69) is 142 Å². The van der Waals surface area contributed by atoms with Gasteiger partial charge in [-0.05, 0) is 103 Å². The second-order valence-corrected chi connectivity index (χ2v) is 18.8. The third-order valence-electron chi connectivity index (χ3n) is 11.9. The van der Waals surface area contributed by atoms with Crippen LogP contribution in [0.5, 0.6) is 0 Å². The van der Waals surface area contributed by atoms with Crippen LogP contribution in [0.4, 0.5) is 0 Å². The van der Waals surface area contributed by atoms with Gasteiger partial charge in [-0.25, -0.2) is 0 Å². The predicted octanol–water partition coefficient (Wildman–Crippen LogP) is 19.8. The van der Waals surface area contributed by atoms with E-state index in [1.807, 2.05) is 12.2 Å². The molecule has 72 heavy (non-hydrogen) atoms. The molecular weight excluding hydrogens is 889 g/mol. The molecule has 6 heteroatoms. The standard InChI is InChI=1S/C66H106O6/c1-4-7-10-13-16-18-20-22-23-24-25-26-27-28-29-30-31-32-33-34-35-36-37-38-39-40-41-42-43-45-46-48-50-53-56-59-65(68)71-62-63(61-70-64(67)58-55-52-15-12-9-6-3)72-66(69)60-57-54-51-49-47-44-21-19-17-14-11-8-5-2/h7-8,10-11,16-19,22-23,25-26,28-29,31-32,34-35,44,47,51,54,63H,4-6,9,12-15,20-21,24,27,30,33,36-43,45-46,48-50,52-53,55-62H2,1-3H3/b10-7-,11-8-,18-16-,19-17-,23-22-,26-25-,29-28-,32-31-,35-34-,47-44-,54-51-. The minimum absolute atomic E-state index is 0.108. The Labute approximate surface area is 443 Å². The van der Waals surface area contributed by atoms with Crippen LogP contribution in [0.1, 0.15) is 245 Å². The van der Waals surface area contributed by atoms with Crippen LogP contribution in [0.3, 0.4) is 0 Å². The van der Waals surface area contributed by atoms with Crippen molar-refractivity contribution in [3.63, 3.8) is 0 Å². The maximum Gasteiger partial charge on any atom is 0.306 e. The Bertz CT molecular complexity index is 1560. The molecule has 1 atom stereocenters. The molecule has 0 rings (SSSR count). The highest BCUT2D eigenvalue weighted by atomic mass is 16.6. The zero-order valence-electron chi connectivity index (χ0n) is 46.4. The fraction of sp³-hybridized carbons (Fsp3) is 0.621. The molecule has 0 aromatic rings. The number of hydrogen-bond donors (Lipinski definition) is 0. The lowest BCUT2D eigenvalue weighted by atomic mass is 10.0. The van der Waals surface area contributed by atoms with Crippen molar-refractivity contribution >= 4 is 17.9 Å². The second kappa shape index (κ2) is 59.1. The molecule has 0 N–H and O–H groups in total. The number of ether oxygens (including phenoxy) is 3. The van der Waals surface area contributed by atoms with E-state index in [1.54, 1.807) is 0 Å². The van der Waals surface area contributed by atoms with Crippen molar-refractivity contribution in [2.24, 2.45) is 0 Å². The topological polar surface area (TPSA) is 78.9 Å². The van der Waals surface area contributed by atoms with E-state index in [0.717, 1.165) is 109 Å². The van der Waals surface area contributed by atoms with E-state index >= 15 is 0 Å². The van der Waals surface area contributed by atoms with E-state index in [0.29, 0.717) is 19.3 Å². The molecule has 0 aromatic carbocycles. The molecule has 0 aliphatic carbocycles. The highest BCUT2D eigenvalue weighted by molar-refractivity contribution is 5.71. The summed E-state index contributed by atoms with van der Waals surface area (Å²) < 4.78 is 16.6. The monoisotopic (exact) mass is 995 g/mol. The third-order valence-corrected chi connectivity index (χ3v) is 11.9. The molecular formula is C66H106O6. The average molecular weight is 996 g/mol. The average Bonchev–Trinajstić information content (AvgIpc) is 3.38. The second-order valence-electron chi connectivity index (χ2n) is 18.8. The molecule has 6 nitrogen and oxygen atoms in total. The van der Waals surface area contributed by atoms with E-state index in [-0.39, 0.29) is 31.6 Å². The van der Waals surface area contributed by atoms with Gasteiger partial charge in [0.25, 0.3) is 0 Å². The maximum atomic E-state index is 12.7. The molecule has 0 fully saturated rings. The lowest BCUT2D eigenvalue weighted by molar-refractivity contribution is -0.166. The van der Waals surface area contributed by atoms with Crippen molar-refractivity contribution in [3.05, 3.63) is 134 Å². The molecule has 0 spiro atoms. The molecule has 406 valence electrons. The van der Waals surface area contributed by atoms with E-state index in [9.17, 15) is 14.4 Å².